The standard InChI is InChI=1S/C14H13ClN2O2S/c1-8-12(7-18)13(10-3-5-11(15)6-4-10)17(9(2)19)14(20)16-8/h3-7,12-13H,1-2H3. The second-order valence-corrected chi connectivity index (χ2v) is 5.38. The van der Waals surface area contributed by atoms with Gasteiger partial charge in [-0.15, -0.1) is 0 Å². The summed E-state index contributed by atoms with van der Waals surface area (Å²) < 4.78 is 0. The topological polar surface area (TPSA) is 49.7 Å². The zero-order chi connectivity index (χ0) is 14.9. The van der Waals surface area contributed by atoms with E-state index < -0.39 is 12.0 Å². The van der Waals surface area contributed by atoms with Crippen molar-refractivity contribution in [2.45, 2.75) is 19.9 Å². The Hall–Kier alpha value is -1.59. The molecule has 0 bridgehead atoms. The second-order valence-electron chi connectivity index (χ2n) is 4.58. The highest BCUT2D eigenvalue weighted by atomic mass is 35.5. The number of hydrogen-bond donors (Lipinski definition) is 0. The first-order chi connectivity index (χ1) is 9.45. The van der Waals surface area contributed by atoms with Crippen LogP contribution in [0.25, 0.3) is 0 Å². The molecule has 0 saturated heterocycles. The molecule has 0 aromatic heterocycles. The van der Waals surface area contributed by atoms with Gasteiger partial charge in [0.15, 0.2) is 0 Å². The number of aldehydes is 1. The molecule has 0 radical (unpaired) electrons. The number of benzene rings is 1. The Morgan fingerprint density at radius 2 is 2.00 bits per heavy atom. The van der Waals surface area contributed by atoms with Crippen molar-refractivity contribution in [2.75, 3.05) is 0 Å². The lowest BCUT2D eigenvalue weighted by Crippen LogP contribution is -2.46. The predicted octanol–water partition coefficient (Wildman–Crippen LogP) is 2.80. The monoisotopic (exact) mass is 308 g/mol. The largest absolute Gasteiger partial charge is 0.303 e. The lowest BCUT2D eigenvalue weighted by atomic mass is 9.88. The number of thiocarbonyl (C=S) groups is 1. The van der Waals surface area contributed by atoms with Crippen LogP contribution in [0.3, 0.4) is 0 Å². The molecule has 104 valence electrons. The molecule has 2 atom stereocenters. The van der Waals surface area contributed by atoms with Crippen LogP contribution in [0, 0.1) is 5.92 Å². The maximum absolute atomic E-state index is 11.9. The smallest absolute Gasteiger partial charge is 0.226 e. The molecule has 1 aromatic rings. The van der Waals surface area contributed by atoms with Gasteiger partial charge in [-0.1, -0.05) is 23.7 Å². The number of hydrogen-bond acceptors (Lipinski definition) is 3. The van der Waals surface area contributed by atoms with Gasteiger partial charge in [-0.3, -0.25) is 9.69 Å². The van der Waals surface area contributed by atoms with E-state index in [0.717, 1.165) is 11.8 Å². The van der Waals surface area contributed by atoms with Gasteiger partial charge < -0.3 is 4.79 Å². The van der Waals surface area contributed by atoms with Gasteiger partial charge in [0.25, 0.3) is 0 Å². The maximum Gasteiger partial charge on any atom is 0.226 e. The third-order valence-corrected chi connectivity index (χ3v) is 3.82. The Morgan fingerprint density at radius 1 is 1.40 bits per heavy atom. The Bertz CT molecular complexity index is 598. The van der Waals surface area contributed by atoms with Crippen LogP contribution in [0.5, 0.6) is 0 Å². The molecule has 2 unspecified atom stereocenters. The fourth-order valence-electron chi connectivity index (χ4n) is 2.31. The number of carbonyl (C=O) groups excluding carboxylic acids is 2. The zero-order valence-corrected chi connectivity index (χ0v) is 12.6. The van der Waals surface area contributed by atoms with Crippen LogP contribution in [-0.2, 0) is 9.59 Å². The van der Waals surface area contributed by atoms with Crippen LogP contribution in [0.2, 0.25) is 5.02 Å². The normalized spacial score (nSPS) is 22.4. The molecule has 1 aliphatic rings. The van der Waals surface area contributed by atoms with Gasteiger partial charge >= 0.3 is 0 Å². The molecule has 1 aliphatic heterocycles. The molecular weight excluding hydrogens is 296 g/mol. The minimum atomic E-state index is -0.508. The van der Waals surface area contributed by atoms with E-state index in [2.05, 4.69) is 4.99 Å². The van der Waals surface area contributed by atoms with Gasteiger partial charge in [-0.25, -0.2) is 4.99 Å². The summed E-state index contributed by atoms with van der Waals surface area (Å²) in [7, 11) is 0. The summed E-state index contributed by atoms with van der Waals surface area (Å²) in [5, 5.41) is 0.780. The third-order valence-electron chi connectivity index (χ3n) is 3.28. The molecular formula is C14H13ClN2O2S. The van der Waals surface area contributed by atoms with Crippen LogP contribution in [0.1, 0.15) is 25.5 Å². The first-order valence-corrected chi connectivity index (χ1v) is 6.84. The number of nitrogens with zero attached hydrogens (tertiary/aromatic N) is 2. The van der Waals surface area contributed by atoms with E-state index in [1.807, 2.05) is 0 Å². The van der Waals surface area contributed by atoms with Crippen molar-refractivity contribution in [1.29, 1.82) is 0 Å². The molecule has 1 aromatic carbocycles. The molecule has 1 amide bonds. The van der Waals surface area contributed by atoms with E-state index >= 15 is 0 Å². The average Bonchev–Trinajstić information content (AvgIpc) is 2.38. The van der Waals surface area contributed by atoms with E-state index in [0.29, 0.717) is 10.7 Å². The fraction of sp³-hybridized carbons (Fsp3) is 0.286. The molecule has 1 heterocycles. The van der Waals surface area contributed by atoms with E-state index in [1.165, 1.54) is 11.8 Å². The van der Waals surface area contributed by atoms with E-state index in [1.54, 1.807) is 31.2 Å². The Balaban J connectivity index is 2.56. The Morgan fingerprint density at radius 3 is 2.50 bits per heavy atom. The summed E-state index contributed by atoms with van der Waals surface area (Å²) in [6, 6.07) is 6.57. The third kappa shape index (κ3) is 2.64. The molecule has 0 saturated carbocycles. The molecule has 4 nitrogen and oxygen atoms in total. The molecule has 0 spiro atoms. The lowest BCUT2D eigenvalue weighted by molar-refractivity contribution is -0.127. The van der Waals surface area contributed by atoms with Crippen LogP contribution in [0.4, 0.5) is 0 Å². The molecule has 0 N–H and O–H groups in total. The summed E-state index contributed by atoms with van der Waals surface area (Å²) in [5.74, 6) is -0.746. The molecule has 2 rings (SSSR count). The number of halogens is 1. The van der Waals surface area contributed by atoms with E-state index in [-0.39, 0.29) is 11.0 Å². The first kappa shape index (κ1) is 14.8. The highest BCUT2D eigenvalue weighted by molar-refractivity contribution is 7.80. The summed E-state index contributed by atoms with van der Waals surface area (Å²) in [4.78, 5) is 28.8. The SMILES string of the molecule is CC(=O)N1C(=S)N=C(C)C(C=O)C1c1ccc(Cl)cc1. The maximum atomic E-state index is 11.9. The van der Waals surface area contributed by atoms with Crippen LogP contribution in [0.15, 0.2) is 29.3 Å². The van der Waals surface area contributed by atoms with Crippen LogP contribution >= 0.6 is 23.8 Å². The minimum Gasteiger partial charge on any atom is -0.303 e. The van der Waals surface area contributed by atoms with Crippen molar-refractivity contribution < 1.29 is 9.59 Å². The van der Waals surface area contributed by atoms with E-state index in [9.17, 15) is 9.59 Å². The number of aliphatic imine (C=N–C) groups is 1. The first-order valence-electron chi connectivity index (χ1n) is 6.05. The summed E-state index contributed by atoms with van der Waals surface area (Å²) in [6.45, 7) is 3.15. The van der Waals surface area contributed by atoms with Crippen molar-refractivity contribution in [1.82, 2.24) is 4.90 Å². The van der Waals surface area contributed by atoms with Crippen molar-refractivity contribution >= 4 is 46.8 Å². The van der Waals surface area contributed by atoms with Crippen molar-refractivity contribution in [3.8, 4) is 0 Å². The summed E-state index contributed by atoms with van der Waals surface area (Å²) in [6.07, 6.45) is 0.801. The van der Waals surface area contributed by atoms with E-state index in [4.69, 9.17) is 23.8 Å². The highest BCUT2D eigenvalue weighted by Gasteiger charge is 2.38. The Labute approximate surface area is 127 Å². The predicted molar refractivity (Wildman–Crippen MR) is 82.0 cm³/mol. The average molecular weight is 309 g/mol. The van der Waals surface area contributed by atoms with Gasteiger partial charge in [-0.2, -0.15) is 0 Å². The van der Waals surface area contributed by atoms with Gasteiger partial charge in [0.2, 0.25) is 11.0 Å². The second kappa shape index (κ2) is 5.81. The van der Waals surface area contributed by atoms with Gasteiger partial charge in [-0.05, 0) is 36.8 Å². The number of amides is 1. The van der Waals surface area contributed by atoms with Gasteiger partial charge in [0, 0.05) is 17.7 Å². The Kier molecular flexibility index (Phi) is 4.30. The van der Waals surface area contributed by atoms with Crippen LogP contribution < -0.4 is 0 Å². The quantitative estimate of drug-likeness (QED) is 0.623. The van der Waals surface area contributed by atoms with Crippen molar-refractivity contribution in [3.63, 3.8) is 0 Å². The summed E-state index contributed by atoms with van der Waals surface area (Å²) >= 11 is 11.0. The highest BCUT2D eigenvalue weighted by Crippen LogP contribution is 2.33. The molecule has 20 heavy (non-hydrogen) atoms. The van der Waals surface area contributed by atoms with Crippen molar-refractivity contribution in [3.05, 3.63) is 34.9 Å². The summed E-state index contributed by atoms with van der Waals surface area (Å²) in [5.41, 5.74) is 1.42. The number of rotatable bonds is 2. The zero-order valence-electron chi connectivity index (χ0n) is 11.0. The molecule has 0 fully saturated rings. The molecule has 0 aliphatic carbocycles. The van der Waals surface area contributed by atoms with Crippen LogP contribution in [-0.4, -0.2) is 27.9 Å². The van der Waals surface area contributed by atoms with Crippen molar-refractivity contribution in [2.24, 2.45) is 10.9 Å². The lowest BCUT2D eigenvalue weighted by Gasteiger charge is -2.37. The number of carbonyl (C=O) groups is 2. The fourth-order valence-corrected chi connectivity index (χ4v) is 2.82. The van der Waals surface area contributed by atoms with Gasteiger partial charge in [0.1, 0.15) is 6.29 Å². The minimum absolute atomic E-state index is 0.188. The van der Waals surface area contributed by atoms with Gasteiger partial charge in [0.05, 0.1) is 12.0 Å². The molecule has 6 heteroatoms.